The Morgan fingerprint density at radius 3 is 1.47 bits per heavy atom. The summed E-state index contributed by atoms with van der Waals surface area (Å²) in [6, 6.07) is 0. The minimum atomic E-state index is 0.872. The summed E-state index contributed by atoms with van der Waals surface area (Å²) in [4.78, 5) is 0. The lowest BCUT2D eigenvalue weighted by Crippen LogP contribution is -2.48. The maximum atomic E-state index is 3.48. The first-order chi connectivity index (χ1) is 8.06. The molecule has 0 aliphatic heterocycles. The van der Waals surface area contributed by atoms with Crippen LogP contribution >= 0.6 is 0 Å². The third-order valence-electron chi connectivity index (χ3n) is 3.12. The molecular weight excluding hydrogens is 208 g/mol. The molecule has 0 unspecified atom stereocenters. The van der Waals surface area contributed by atoms with Gasteiger partial charge in [-0.3, -0.25) is 4.59 Å². The lowest BCUT2D eigenvalue weighted by molar-refractivity contribution is -0.915. The van der Waals surface area contributed by atoms with Crippen LogP contribution in [0.1, 0.15) is 71.1 Å². The van der Waals surface area contributed by atoms with Crippen molar-refractivity contribution in [1.29, 1.82) is 0 Å². The summed E-state index contributed by atoms with van der Waals surface area (Å²) in [7, 11) is 6.53. The van der Waals surface area contributed by atoms with Gasteiger partial charge in [0.2, 0.25) is 0 Å². The molecule has 1 N–H and O–H groups in total. The van der Waals surface area contributed by atoms with E-state index in [-0.39, 0.29) is 0 Å². The van der Waals surface area contributed by atoms with Gasteiger partial charge < -0.3 is 0 Å². The van der Waals surface area contributed by atoms with E-state index in [0.29, 0.717) is 0 Å². The second-order valence-electron chi connectivity index (χ2n) is 6.10. The van der Waals surface area contributed by atoms with E-state index in [9.17, 15) is 0 Å². The molecule has 2 heteroatoms. The average molecular weight is 243 g/mol. The lowest BCUT2D eigenvalue weighted by atomic mass is 10.1. The van der Waals surface area contributed by atoms with E-state index in [1.165, 1.54) is 64.2 Å². The van der Waals surface area contributed by atoms with Crippen LogP contribution in [-0.2, 0) is 0 Å². The summed E-state index contributed by atoms with van der Waals surface area (Å²) in [5.74, 6) is 0. The predicted octanol–water partition coefficient (Wildman–Crippen LogP) is 4.12. The fraction of sp³-hybridized carbons (Fsp3) is 1.00. The van der Waals surface area contributed by atoms with Gasteiger partial charge in [0.15, 0.2) is 0 Å². The number of nitrogens with zero attached hydrogens (tertiary/aromatic N) is 1. The molecule has 17 heavy (non-hydrogen) atoms. The molecule has 0 aromatic carbocycles. The van der Waals surface area contributed by atoms with E-state index in [0.717, 1.165) is 11.1 Å². The van der Waals surface area contributed by atoms with Crippen molar-refractivity contribution >= 4 is 0 Å². The van der Waals surface area contributed by atoms with Crippen molar-refractivity contribution in [3.8, 4) is 0 Å². The summed E-state index contributed by atoms with van der Waals surface area (Å²) >= 11 is 0. The normalized spacial score (nSPS) is 12.0. The summed E-state index contributed by atoms with van der Waals surface area (Å²) in [5.41, 5.74) is 3.48. The summed E-state index contributed by atoms with van der Waals surface area (Å²) in [6.45, 7) is 3.43. The Hall–Kier alpha value is -0.0800. The van der Waals surface area contributed by atoms with Crippen LogP contribution in [0.25, 0.3) is 0 Å². The van der Waals surface area contributed by atoms with Crippen LogP contribution in [0, 0.1) is 0 Å². The van der Waals surface area contributed by atoms with Gasteiger partial charge >= 0.3 is 0 Å². The van der Waals surface area contributed by atoms with E-state index >= 15 is 0 Å². The Bertz CT molecular complexity index is 149. The monoisotopic (exact) mass is 243 g/mol. The quantitative estimate of drug-likeness (QED) is 0.309. The van der Waals surface area contributed by atoms with Crippen molar-refractivity contribution in [2.24, 2.45) is 0 Å². The van der Waals surface area contributed by atoms with Crippen molar-refractivity contribution in [3.05, 3.63) is 0 Å². The SMILES string of the molecule is CCCCCCCCCCCCN[N+](C)(C)C. The Morgan fingerprint density at radius 1 is 0.647 bits per heavy atom. The van der Waals surface area contributed by atoms with Gasteiger partial charge in [0, 0.05) is 6.54 Å². The Balaban J connectivity index is 2.99. The van der Waals surface area contributed by atoms with Crippen molar-refractivity contribution in [1.82, 2.24) is 5.43 Å². The van der Waals surface area contributed by atoms with Crippen LogP contribution in [0.2, 0.25) is 0 Å². The second kappa shape index (κ2) is 11.0. The number of rotatable bonds is 12. The Kier molecular flexibility index (Phi) is 11.0. The molecule has 0 fully saturated rings. The molecule has 0 aliphatic rings. The highest BCUT2D eigenvalue weighted by Gasteiger charge is 2.03. The molecule has 0 spiro atoms. The maximum absolute atomic E-state index is 3.48. The number of quaternary nitrogens is 1. The fourth-order valence-corrected chi connectivity index (χ4v) is 2.03. The zero-order chi connectivity index (χ0) is 13.0. The van der Waals surface area contributed by atoms with Gasteiger partial charge in [-0.05, 0) is 6.42 Å². The Labute approximate surface area is 109 Å². The molecule has 104 valence electrons. The first-order valence-corrected chi connectivity index (χ1v) is 7.63. The molecule has 0 saturated heterocycles. The van der Waals surface area contributed by atoms with Gasteiger partial charge in [-0.2, -0.15) is 5.43 Å². The molecule has 0 aliphatic carbocycles. The third-order valence-corrected chi connectivity index (χ3v) is 3.12. The second-order valence-corrected chi connectivity index (χ2v) is 6.10. The molecule has 0 heterocycles. The van der Waals surface area contributed by atoms with Crippen LogP contribution in [0.15, 0.2) is 0 Å². The smallest absolute Gasteiger partial charge is 0.0853 e. The molecule has 2 nitrogen and oxygen atoms in total. The van der Waals surface area contributed by atoms with Crippen LogP contribution in [0.3, 0.4) is 0 Å². The molecule has 0 amide bonds. The van der Waals surface area contributed by atoms with Gasteiger partial charge in [-0.15, -0.1) is 0 Å². The number of hydrogen-bond acceptors (Lipinski definition) is 1. The van der Waals surface area contributed by atoms with Gasteiger partial charge in [0.05, 0.1) is 21.1 Å². The zero-order valence-electron chi connectivity index (χ0n) is 12.7. The largest absolute Gasteiger partial charge is 0.253 e. The van der Waals surface area contributed by atoms with E-state index in [1.54, 1.807) is 0 Å². The highest BCUT2D eigenvalue weighted by molar-refractivity contribution is 4.47. The first kappa shape index (κ1) is 16.9. The van der Waals surface area contributed by atoms with E-state index in [2.05, 4.69) is 33.5 Å². The highest BCUT2D eigenvalue weighted by atomic mass is 15.6. The molecule has 0 bridgehead atoms. The van der Waals surface area contributed by atoms with Crippen LogP contribution < -0.4 is 5.43 Å². The lowest BCUT2D eigenvalue weighted by Gasteiger charge is -2.23. The molecular formula is C15H35N2+. The van der Waals surface area contributed by atoms with Crippen molar-refractivity contribution in [3.63, 3.8) is 0 Å². The zero-order valence-corrected chi connectivity index (χ0v) is 12.7. The van der Waals surface area contributed by atoms with E-state index in [1.807, 2.05) is 0 Å². The summed E-state index contributed by atoms with van der Waals surface area (Å²) < 4.78 is 0.872. The third kappa shape index (κ3) is 15.9. The van der Waals surface area contributed by atoms with E-state index < -0.39 is 0 Å². The predicted molar refractivity (Wildman–Crippen MR) is 77.9 cm³/mol. The van der Waals surface area contributed by atoms with Crippen LogP contribution in [0.4, 0.5) is 0 Å². The summed E-state index contributed by atoms with van der Waals surface area (Å²) in [5, 5.41) is 0. The van der Waals surface area contributed by atoms with Crippen molar-refractivity contribution < 1.29 is 4.59 Å². The highest BCUT2D eigenvalue weighted by Crippen LogP contribution is 2.10. The first-order valence-electron chi connectivity index (χ1n) is 7.63. The van der Waals surface area contributed by atoms with Crippen molar-refractivity contribution in [2.75, 3.05) is 27.7 Å². The molecule has 0 saturated carbocycles. The minimum absolute atomic E-state index is 0.872. The molecule has 0 atom stereocenters. The molecule has 0 rings (SSSR count). The van der Waals surface area contributed by atoms with Gasteiger partial charge in [0.1, 0.15) is 0 Å². The van der Waals surface area contributed by atoms with Gasteiger partial charge in [-0.25, -0.2) is 0 Å². The fourth-order valence-electron chi connectivity index (χ4n) is 2.03. The Morgan fingerprint density at radius 2 is 1.06 bits per heavy atom. The van der Waals surface area contributed by atoms with Crippen LogP contribution in [-0.4, -0.2) is 32.3 Å². The van der Waals surface area contributed by atoms with Gasteiger partial charge in [0.25, 0.3) is 0 Å². The standard InChI is InChI=1S/C15H35N2/c1-5-6-7-8-9-10-11-12-13-14-15-16-17(2,3)4/h16H,5-15H2,1-4H3/q+1. The number of nitrogens with one attached hydrogen (secondary N) is 1. The maximum Gasteiger partial charge on any atom is 0.0853 e. The average Bonchev–Trinajstić information content (AvgIpc) is 2.24. The number of unbranched alkanes of at least 4 members (excludes halogenated alkanes) is 9. The topological polar surface area (TPSA) is 12.0 Å². The van der Waals surface area contributed by atoms with Crippen LogP contribution in [0.5, 0.6) is 0 Å². The minimum Gasteiger partial charge on any atom is -0.253 e. The molecule has 0 aromatic heterocycles. The summed E-state index contributed by atoms with van der Waals surface area (Å²) in [6.07, 6.45) is 14.2. The number of hydrogen-bond donors (Lipinski definition) is 1. The van der Waals surface area contributed by atoms with E-state index in [4.69, 9.17) is 0 Å². The van der Waals surface area contributed by atoms with Crippen molar-refractivity contribution in [2.45, 2.75) is 71.1 Å². The molecule has 0 radical (unpaired) electrons. The molecule has 0 aromatic rings. The van der Waals surface area contributed by atoms with Gasteiger partial charge in [-0.1, -0.05) is 64.7 Å².